The lowest BCUT2D eigenvalue weighted by Gasteiger charge is -2.37. The van der Waals surface area contributed by atoms with Gasteiger partial charge in [0.15, 0.2) is 0 Å². The molecule has 1 atom stereocenters. The molecule has 3 rings (SSSR count). The molecule has 1 aromatic heterocycles. The molecule has 1 aromatic carbocycles. The third kappa shape index (κ3) is 4.14. The molecule has 1 aliphatic carbocycles. The Morgan fingerprint density at radius 2 is 2.17 bits per heavy atom. The van der Waals surface area contributed by atoms with E-state index >= 15 is 0 Å². The van der Waals surface area contributed by atoms with Gasteiger partial charge >= 0.3 is 0 Å². The number of aliphatic hydroxyl groups excluding tert-OH is 1. The van der Waals surface area contributed by atoms with Crippen molar-refractivity contribution in [2.75, 3.05) is 6.61 Å². The summed E-state index contributed by atoms with van der Waals surface area (Å²) >= 11 is 0. The molecule has 0 spiro atoms. The zero-order valence-corrected chi connectivity index (χ0v) is 13.8. The van der Waals surface area contributed by atoms with Crippen LogP contribution in [0.25, 0.3) is 0 Å². The quantitative estimate of drug-likeness (QED) is 0.812. The molecule has 1 aliphatic rings. The van der Waals surface area contributed by atoms with Crippen LogP contribution in [0.1, 0.15) is 30.9 Å². The molecule has 6 nitrogen and oxygen atoms in total. The lowest BCUT2D eigenvalue weighted by Crippen LogP contribution is -2.41. The van der Waals surface area contributed by atoms with Gasteiger partial charge in [-0.1, -0.05) is 18.2 Å². The molecule has 0 saturated heterocycles. The van der Waals surface area contributed by atoms with Crippen molar-refractivity contribution in [3.63, 3.8) is 0 Å². The summed E-state index contributed by atoms with van der Waals surface area (Å²) in [6.45, 7) is 0.336. The summed E-state index contributed by atoms with van der Waals surface area (Å²) in [4.78, 5) is 12.3. The molecule has 1 saturated carbocycles. The van der Waals surface area contributed by atoms with Crippen LogP contribution in [-0.4, -0.2) is 33.5 Å². The zero-order valence-electron chi connectivity index (χ0n) is 13.8. The maximum Gasteiger partial charge on any atom is 0.223 e. The molecule has 6 heteroatoms. The first-order chi connectivity index (χ1) is 11.6. The molecular formula is C18H23N3O3. The average molecular weight is 329 g/mol. The lowest BCUT2D eigenvalue weighted by atomic mass is 9.75. The Bertz CT molecular complexity index is 665. The number of benzene rings is 1. The molecule has 0 bridgehead atoms. The predicted octanol–water partition coefficient (Wildman–Crippen LogP) is 1.82. The molecular weight excluding hydrogens is 306 g/mol. The third-order valence-electron chi connectivity index (χ3n) is 4.36. The molecule has 1 heterocycles. The SMILES string of the molecule is Cn1cc([C@@H](NC(=O)CCOc2ccccc2)C2CC(O)C2)cn1. The first kappa shape index (κ1) is 16.5. The highest BCUT2D eigenvalue weighted by atomic mass is 16.5. The fourth-order valence-corrected chi connectivity index (χ4v) is 3.00. The molecule has 2 aromatic rings. The van der Waals surface area contributed by atoms with Crippen molar-refractivity contribution in [3.8, 4) is 5.75 Å². The van der Waals surface area contributed by atoms with Crippen LogP contribution in [0.15, 0.2) is 42.7 Å². The number of hydrogen-bond acceptors (Lipinski definition) is 4. The summed E-state index contributed by atoms with van der Waals surface area (Å²) in [5.74, 6) is 0.959. The first-order valence-corrected chi connectivity index (χ1v) is 8.25. The topological polar surface area (TPSA) is 76.4 Å². The maximum atomic E-state index is 12.3. The second-order valence-corrected chi connectivity index (χ2v) is 6.29. The number of carbonyl (C=O) groups is 1. The first-order valence-electron chi connectivity index (χ1n) is 8.25. The normalized spacial score (nSPS) is 20.9. The maximum absolute atomic E-state index is 12.3. The van der Waals surface area contributed by atoms with Gasteiger partial charge in [0.1, 0.15) is 5.75 Å². The van der Waals surface area contributed by atoms with Crippen molar-refractivity contribution in [3.05, 3.63) is 48.3 Å². The van der Waals surface area contributed by atoms with Crippen molar-refractivity contribution < 1.29 is 14.6 Å². The van der Waals surface area contributed by atoms with Gasteiger partial charge in [0.2, 0.25) is 5.91 Å². The van der Waals surface area contributed by atoms with Crippen molar-refractivity contribution in [1.29, 1.82) is 0 Å². The number of aromatic nitrogens is 2. The number of carbonyl (C=O) groups excluding carboxylic acids is 1. The van der Waals surface area contributed by atoms with Crippen molar-refractivity contribution >= 4 is 5.91 Å². The predicted molar refractivity (Wildman–Crippen MR) is 89.4 cm³/mol. The van der Waals surface area contributed by atoms with E-state index in [1.165, 1.54) is 0 Å². The molecule has 0 radical (unpaired) electrons. The Balaban J connectivity index is 1.53. The molecule has 0 unspecified atom stereocenters. The van der Waals surface area contributed by atoms with Crippen molar-refractivity contribution in [2.45, 2.75) is 31.4 Å². The second kappa shape index (κ2) is 7.49. The monoisotopic (exact) mass is 329 g/mol. The fourth-order valence-electron chi connectivity index (χ4n) is 3.00. The van der Waals surface area contributed by atoms with Crippen LogP contribution in [0.4, 0.5) is 0 Å². The number of amides is 1. The molecule has 0 aliphatic heterocycles. The summed E-state index contributed by atoms with van der Waals surface area (Å²) < 4.78 is 7.29. The number of aliphatic hydroxyl groups is 1. The Hall–Kier alpha value is -2.34. The summed E-state index contributed by atoms with van der Waals surface area (Å²) in [7, 11) is 1.85. The van der Waals surface area contributed by atoms with Crippen LogP contribution >= 0.6 is 0 Å². The van der Waals surface area contributed by atoms with Crippen LogP contribution in [-0.2, 0) is 11.8 Å². The number of rotatable bonds is 7. The van der Waals surface area contributed by atoms with Crippen LogP contribution < -0.4 is 10.1 Å². The number of ether oxygens (including phenoxy) is 1. The third-order valence-corrected chi connectivity index (χ3v) is 4.36. The number of aryl methyl sites for hydroxylation is 1. The minimum Gasteiger partial charge on any atom is -0.493 e. The van der Waals surface area contributed by atoms with Gasteiger partial charge in [0.25, 0.3) is 0 Å². The molecule has 1 amide bonds. The summed E-state index contributed by atoms with van der Waals surface area (Å²) in [5, 5.41) is 16.8. The van der Waals surface area contributed by atoms with E-state index < -0.39 is 0 Å². The minimum atomic E-state index is -0.257. The smallest absolute Gasteiger partial charge is 0.223 e. The molecule has 128 valence electrons. The van der Waals surface area contributed by atoms with Crippen LogP contribution in [0.2, 0.25) is 0 Å². The lowest BCUT2D eigenvalue weighted by molar-refractivity contribution is -0.123. The Morgan fingerprint density at radius 3 is 2.79 bits per heavy atom. The Kier molecular flexibility index (Phi) is 5.15. The molecule has 24 heavy (non-hydrogen) atoms. The minimum absolute atomic E-state index is 0.0545. The van der Waals surface area contributed by atoms with E-state index in [0.717, 1.165) is 11.3 Å². The summed E-state index contributed by atoms with van der Waals surface area (Å²) in [6.07, 6.45) is 5.14. The van der Waals surface area contributed by atoms with E-state index in [4.69, 9.17) is 4.74 Å². The van der Waals surface area contributed by atoms with Gasteiger partial charge in [0, 0.05) is 18.8 Å². The standard InChI is InChI=1S/C18H23N3O3/c1-21-12-14(11-19-21)18(13-9-15(22)10-13)20-17(23)7-8-24-16-5-3-2-4-6-16/h2-6,11-13,15,18,22H,7-10H2,1H3,(H,20,23)/t13?,15?,18-/m0/s1. The van der Waals surface area contributed by atoms with Crippen LogP contribution in [0, 0.1) is 5.92 Å². The van der Waals surface area contributed by atoms with Crippen LogP contribution in [0.3, 0.4) is 0 Å². The zero-order chi connectivity index (χ0) is 16.9. The fraction of sp³-hybridized carbons (Fsp3) is 0.444. The number of hydrogen-bond donors (Lipinski definition) is 2. The van der Waals surface area contributed by atoms with E-state index in [9.17, 15) is 9.90 Å². The number of nitrogens with one attached hydrogen (secondary N) is 1. The van der Waals surface area contributed by atoms with Crippen LogP contribution in [0.5, 0.6) is 5.75 Å². The van der Waals surface area contributed by atoms with E-state index in [1.54, 1.807) is 10.9 Å². The second-order valence-electron chi connectivity index (χ2n) is 6.29. The average Bonchev–Trinajstić information content (AvgIpc) is 2.97. The van der Waals surface area contributed by atoms with Crippen molar-refractivity contribution in [2.24, 2.45) is 13.0 Å². The summed E-state index contributed by atoms with van der Waals surface area (Å²) in [5.41, 5.74) is 0.978. The van der Waals surface area contributed by atoms with Gasteiger partial charge in [-0.3, -0.25) is 9.48 Å². The molecule has 1 fully saturated rings. The van der Waals surface area contributed by atoms with E-state index in [-0.39, 0.29) is 24.0 Å². The number of nitrogens with zero attached hydrogens (tertiary/aromatic N) is 2. The highest BCUT2D eigenvalue weighted by molar-refractivity contribution is 5.76. The summed E-state index contributed by atoms with van der Waals surface area (Å²) in [6, 6.07) is 9.35. The Morgan fingerprint density at radius 1 is 1.42 bits per heavy atom. The van der Waals surface area contributed by atoms with Gasteiger partial charge in [-0.05, 0) is 30.9 Å². The number of para-hydroxylation sites is 1. The van der Waals surface area contributed by atoms with Gasteiger partial charge in [-0.15, -0.1) is 0 Å². The highest BCUT2D eigenvalue weighted by Crippen LogP contribution is 2.37. The van der Waals surface area contributed by atoms with Gasteiger partial charge < -0.3 is 15.2 Å². The molecule has 2 N–H and O–H groups in total. The van der Waals surface area contributed by atoms with Crippen molar-refractivity contribution in [1.82, 2.24) is 15.1 Å². The Labute approximate surface area is 141 Å². The van der Waals surface area contributed by atoms with Gasteiger partial charge in [-0.25, -0.2) is 0 Å². The largest absolute Gasteiger partial charge is 0.493 e. The van der Waals surface area contributed by atoms with Gasteiger partial charge in [0.05, 0.1) is 31.4 Å². The van der Waals surface area contributed by atoms with E-state index in [1.807, 2.05) is 43.6 Å². The van der Waals surface area contributed by atoms with E-state index in [0.29, 0.717) is 25.9 Å². The highest BCUT2D eigenvalue weighted by Gasteiger charge is 2.36. The van der Waals surface area contributed by atoms with Gasteiger partial charge in [-0.2, -0.15) is 5.10 Å². The van der Waals surface area contributed by atoms with E-state index in [2.05, 4.69) is 10.4 Å².